The largest absolute Gasteiger partial charge is 0.316 e. The molecule has 0 amide bonds. The van der Waals surface area contributed by atoms with E-state index in [1.165, 1.54) is 6.07 Å². The Morgan fingerprint density at radius 3 is 3.00 bits per heavy atom. The van der Waals surface area contributed by atoms with Crippen molar-refractivity contribution >= 4 is 11.8 Å². The summed E-state index contributed by atoms with van der Waals surface area (Å²) in [6.45, 7) is 2.87. The quantitative estimate of drug-likeness (QED) is 0.796. The van der Waals surface area contributed by atoms with Crippen molar-refractivity contribution in [1.29, 1.82) is 0 Å². The number of nitrogens with one attached hydrogen (secondary N) is 1. The van der Waals surface area contributed by atoms with Gasteiger partial charge in [-0.3, -0.25) is 4.68 Å². The van der Waals surface area contributed by atoms with Crippen molar-refractivity contribution in [2.45, 2.75) is 30.8 Å². The molecule has 0 aliphatic rings. The summed E-state index contributed by atoms with van der Waals surface area (Å²) in [5.41, 5.74) is 0. The van der Waals surface area contributed by atoms with Crippen LogP contribution in [-0.4, -0.2) is 33.6 Å². The van der Waals surface area contributed by atoms with E-state index < -0.39 is 0 Å². The van der Waals surface area contributed by atoms with E-state index in [1.54, 1.807) is 30.2 Å². The third-order valence-corrected chi connectivity index (χ3v) is 4.24. The van der Waals surface area contributed by atoms with Crippen molar-refractivity contribution in [3.63, 3.8) is 0 Å². The van der Waals surface area contributed by atoms with Gasteiger partial charge in [-0.1, -0.05) is 6.07 Å². The van der Waals surface area contributed by atoms with Crippen molar-refractivity contribution in [1.82, 2.24) is 20.1 Å². The molecule has 0 radical (unpaired) electrons. The zero-order chi connectivity index (χ0) is 14.4. The van der Waals surface area contributed by atoms with Crippen LogP contribution in [0.15, 0.2) is 35.5 Å². The van der Waals surface area contributed by atoms with E-state index >= 15 is 0 Å². The Bertz CT molecular complexity index is 543. The van der Waals surface area contributed by atoms with E-state index in [-0.39, 0.29) is 11.9 Å². The van der Waals surface area contributed by atoms with Crippen LogP contribution in [-0.2, 0) is 13.0 Å². The molecular formula is C14H19FN4S. The van der Waals surface area contributed by atoms with Crippen LogP contribution in [0.1, 0.15) is 12.7 Å². The molecule has 1 N–H and O–H groups in total. The van der Waals surface area contributed by atoms with Crippen LogP contribution in [0, 0.1) is 5.82 Å². The van der Waals surface area contributed by atoms with E-state index in [1.807, 2.05) is 24.7 Å². The topological polar surface area (TPSA) is 42.7 Å². The molecule has 0 fully saturated rings. The Kier molecular flexibility index (Phi) is 5.55. The third kappa shape index (κ3) is 4.05. The second-order valence-corrected chi connectivity index (χ2v) is 5.54. The molecule has 6 heteroatoms. The summed E-state index contributed by atoms with van der Waals surface area (Å²) in [4.78, 5) is 5.23. The number of hydrogen-bond donors (Lipinski definition) is 1. The van der Waals surface area contributed by atoms with Crippen LogP contribution in [0.3, 0.4) is 0 Å². The molecule has 1 aromatic carbocycles. The van der Waals surface area contributed by atoms with Gasteiger partial charge in [-0.15, -0.1) is 11.8 Å². The highest BCUT2D eigenvalue weighted by Crippen LogP contribution is 2.20. The summed E-state index contributed by atoms with van der Waals surface area (Å²) in [7, 11) is 1.93. The first-order chi connectivity index (χ1) is 9.72. The first-order valence-corrected chi connectivity index (χ1v) is 7.63. The zero-order valence-electron chi connectivity index (χ0n) is 11.7. The Hall–Kier alpha value is -1.40. The van der Waals surface area contributed by atoms with Crippen molar-refractivity contribution in [2.75, 3.05) is 12.8 Å². The van der Waals surface area contributed by atoms with Gasteiger partial charge >= 0.3 is 0 Å². The molecule has 108 valence electrons. The lowest BCUT2D eigenvalue weighted by Crippen LogP contribution is -2.31. The fourth-order valence-electron chi connectivity index (χ4n) is 1.93. The molecular weight excluding hydrogens is 275 g/mol. The van der Waals surface area contributed by atoms with Crippen LogP contribution < -0.4 is 5.32 Å². The first kappa shape index (κ1) is 15.0. The number of aryl methyl sites for hydroxylation is 1. The highest BCUT2D eigenvalue weighted by molar-refractivity contribution is 7.99. The van der Waals surface area contributed by atoms with Crippen LogP contribution in [0.5, 0.6) is 0 Å². The van der Waals surface area contributed by atoms with E-state index in [0.717, 1.165) is 29.4 Å². The van der Waals surface area contributed by atoms with Gasteiger partial charge in [-0.05, 0) is 32.2 Å². The minimum Gasteiger partial charge on any atom is -0.316 e. The number of thioether (sulfide) groups is 1. The van der Waals surface area contributed by atoms with Gasteiger partial charge in [0.25, 0.3) is 0 Å². The van der Waals surface area contributed by atoms with Crippen LogP contribution in [0.25, 0.3) is 0 Å². The van der Waals surface area contributed by atoms with Crippen LogP contribution in [0.4, 0.5) is 4.39 Å². The summed E-state index contributed by atoms with van der Waals surface area (Å²) in [5.74, 6) is 1.64. The summed E-state index contributed by atoms with van der Waals surface area (Å²) < 4.78 is 15.0. The normalized spacial score (nSPS) is 12.6. The summed E-state index contributed by atoms with van der Waals surface area (Å²) in [6, 6.07) is 6.96. The lowest BCUT2D eigenvalue weighted by molar-refractivity contribution is 0.549. The summed E-state index contributed by atoms with van der Waals surface area (Å²) in [6.07, 6.45) is 2.40. The predicted molar refractivity (Wildman–Crippen MR) is 79.4 cm³/mol. The number of hydrogen-bond acceptors (Lipinski definition) is 4. The summed E-state index contributed by atoms with van der Waals surface area (Å²) >= 11 is 1.64. The highest BCUT2D eigenvalue weighted by Gasteiger charge is 2.12. The second kappa shape index (κ2) is 7.40. The molecule has 1 atom stereocenters. The van der Waals surface area contributed by atoms with Crippen molar-refractivity contribution in [2.24, 2.45) is 0 Å². The van der Waals surface area contributed by atoms with Crippen molar-refractivity contribution < 1.29 is 4.39 Å². The first-order valence-electron chi connectivity index (χ1n) is 6.65. The highest BCUT2D eigenvalue weighted by atomic mass is 32.2. The van der Waals surface area contributed by atoms with E-state index in [4.69, 9.17) is 0 Å². The lowest BCUT2D eigenvalue weighted by Gasteiger charge is -2.15. The third-order valence-electron chi connectivity index (χ3n) is 3.08. The molecule has 0 bridgehead atoms. The van der Waals surface area contributed by atoms with Gasteiger partial charge in [-0.25, -0.2) is 9.37 Å². The summed E-state index contributed by atoms with van der Waals surface area (Å²) in [5, 5.41) is 7.45. The smallest absolute Gasteiger partial charge is 0.138 e. The molecule has 0 aliphatic heterocycles. The number of rotatable bonds is 7. The fraction of sp³-hybridized carbons (Fsp3) is 0.429. The van der Waals surface area contributed by atoms with Gasteiger partial charge in [0.05, 0.1) is 0 Å². The van der Waals surface area contributed by atoms with Crippen molar-refractivity contribution in [3.05, 3.63) is 42.2 Å². The maximum atomic E-state index is 13.1. The molecule has 4 nitrogen and oxygen atoms in total. The Balaban J connectivity index is 1.92. The number of likely N-dealkylation sites (N-methyl/N-ethyl adjacent to an activating group) is 1. The van der Waals surface area contributed by atoms with E-state index in [9.17, 15) is 4.39 Å². The van der Waals surface area contributed by atoms with Crippen molar-refractivity contribution in [3.8, 4) is 0 Å². The fourth-order valence-corrected chi connectivity index (χ4v) is 2.98. The van der Waals surface area contributed by atoms with Gasteiger partial charge in [0.2, 0.25) is 0 Å². The van der Waals surface area contributed by atoms with E-state index in [2.05, 4.69) is 15.4 Å². The zero-order valence-corrected chi connectivity index (χ0v) is 12.5. The van der Waals surface area contributed by atoms with Crippen LogP contribution in [0.2, 0.25) is 0 Å². The van der Waals surface area contributed by atoms with Gasteiger partial charge in [0, 0.05) is 29.7 Å². The van der Waals surface area contributed by atoms with Gasteiger partial charge in [0.1, 0.15) is 18.0 Å². The number of benzene rings is 1. The Morgan fingerprint density at radius 2 is 2.30 bits per heavy atom. The minimum absolute atomic E-state index is 0.193. The molecule has 2 rings (SSSR count). The molecule has 0 saturated heterocycles. The maximum absolute atomic E-state index is 13.1. The minimum atomic E-state index is -0.193. The number of nitrogens with zero attached hydrogens (tertiary/aromatic N) is 3. The molecule has 0 saturated carbocycles. The van der Waals surface area contributed by atoms with E-state index in [0.29, 0.717) is 0 Å². The molecule has 2 aromatic rings. The van der Waals surface area contributed by atoms with Gasteiger partial charge in [0.15, 0.2) is 0 Å². The second-order valence-electron chi connectivity index (χ2n) is 4.45. The van der Waals surface area contributed by atoms with Gasteiger partial charge in [-0.2, -0.15) is 5.10 Å². The molecule has 1 heterocycles. The molecule has 0 spiro atoms. The SMILES string of the molecule is CCn1ncnc1CC(CSc1cccc(F)c1)NC. The molecule has 1 aromatic heterocycles. The molecule has 0 aliphatic carbocycles. The average Bonchev–Trinajstić information content (AvgIpc) is 2.90. The number of halogens is 1. The lowest BCUT2D eigenvalue weighted by atomic mass is 10.2. The van der Waals surface area contributed by atoms with Gasteiger partial charge < -0.3 is 5.32 Å². The van der Waals surface area contributed by atoms with Crippen LogP contribution >= 0.6 is 11.8 Å². The number of aromatic nitrogens is 3. The monoisotopic (exact) mass is 294 g/mol. The standard InChI is InChI=1S/C14H19FN4S/c1-3-19-14(17-10-18-19)8-12(16-2)9-20-13-6-4-5-11(15)7-13/h4-7,10,12,16H,3,8-9H2,1-2H3. The Morgan fingerprint density at radius 1 is 1.45 bits per heavy atom. The predicted octanol–water partition coefficient (Wildman–Crippen LogP) is 2.36. The average molecular weight is 294 g/mol. The molecule has 1 unspecified atom stereocenters. The molecule has 20 heavy (non-hydrogen) atoms. The maximum Gasteiger partial charge on any atom is 0.138 e. The Labute approximate surface area is 122 Å².